The van der Waals surface area contributed by atoms with Crippen LogP contribution < -0.4 is 0 Å². The van der Waals surface area contributed by atoms with E-state index >= 15 is 0 Å². The molecular formula is C47H70O3. The summed E-state index contributed by atoms with van der Waals surface area (Å²) in [6, 6.07) is 0. The molecule has 4 aliphatic rings. The molecule has 4 aliphatic carbocycles. The maximum atomic E-state index is 13.0. The van der Waals surface area contributed by atoms with E-state index in [0.717, 1.165) is 46.5 Å². The van der Waals surface area contributed by atoms with E-state index in [9.17, 15) is 9.90 Å². The zero-order valence-corrected chi connectivity index (χ0v) is 33.2. The first kappa shape index (κ1) is 40.1. The highest BCUT2D eigenvalue weighted by Crippen LogP contribution is 2.60. The highest BCUT2D eigenvalue weighted by Gasteiger charge is 2.50. The van der Waals surface area contributed by atoms with Gasteiger partial charge in [-0.3, -0.25) is 0 Å². The fourth-order valence-electron chi connectivity index (χ4n) is 9.87. The van der Waals surface area contributed by atoms with Crippen LogP contribution >= 0.6 is 0 Å². The molecule has 1 N–H and O–H groups in total. The van der Waals surface area contributed by atoms with Crippen molar-refractivity contribution < 1.29 is 14.6 Å². The van der Waals surface area contributed by atoms with Crippen LogP contribution in [-0.2, 0) is 9.53 Å². The van der Waals surface area contributed by atoms with Crippen LogP contribution in [0.2, 0.25) is 0 Å². The Hall–Kier alpha value is -2.65. The van der Waals surface area contributed by atoms with Gasteiger partial charge >= 0.3 is 5.97 Å². The minimum atomic E-state index is -0.549. The highest BCUT2D eigenvalue weighted by molar-refractivity contribution is 5.83. The van der Waals surface area contributed by atoms with Crippen molar-refractivity contribution in [2.24, 2.45) is 34.5 Å². The third-order valence-electron chi connectivity index (χ3n) is 12.8. The molecule has 3 saturated carbocycles. The van der Waals surface area contributed by atoms with E-state index < -0.39 is 18.2 Å². The number of ether oxygens (including phenoxy) is 1. The average molecular weight is 683 g/mol. The van der Waals surface area contributed by atoms with E-state index in [1.54, 1.807) is 5.57 Å². The second kappa shape index (κ2) is 17.7. The Morgan fingerprint density at radius 1 is 1.00 bits per heavy atom. The standard InChI is InChI=1S/C47H70O3/c1-32(2)15-11-18-36(6)42-25-26-43-38(20-14-28-47(42,43)10)22-23-39-30-40(48)31-44(37(39)7)50-45(49)29-34(4)17-12-16-33(3)21-24-41-35(5)19-13-27-46(41,8)9/h12,16-17,21-24,29,32,36,40,42-44,48H,7,11,13-15,18-20,25-28,30-31H2,1-6,8-10H3/b17-12+,24-21+,33-16+,34-29+,38-22+,39-23-/t36-,40-,42-,43?,44?,47?/m1/s1. The number of rotatable bonds is 12. The predicted octanol–water partition coefficient (Wildman–Crippen LogP) is 12.7. The summed E-state index contributed by atoms with van der Waals surface area (Å²) in [5, 5.41) is 10.8. The smallest absolute Gasteiger partial charge is 0.331 e. The molecule has 276 valence electrons. The lowest BCUT2D eigenvalue weighted by atomic mass is 9.60. The Morgan fingerprint density at radius 2 is 1.74 bits per heavy atom. The maximum Gasteiger partial charge on any atom is 0.331 e. The molecule has 0 heterocycles. The summed E-state index contributed by atoms with van der Waals surface area (Å²) in [5.41, 5.74) is 8.95. The van der Waals surface area contributed by atoms with Crippen LogP contribution in [0.3, 0.4) is 0 Å². The van der Waals surface area contributed by atoms with E-state index in [1.165, 1.54) is 81.4 Å². The number of esters is 1. The van der Waals surface area contributed by atoms with Gasteiger partial charge in [-0.25, -0.2) is 4.79 Å². The normalized spacial score (nSPS) is 31.8. The highest BCUT2D eigenvalue weighted by atomic mass is 16.5. The molecule has 6 atom stereocenters. The molecule has 0 spiro atoms. The molecule has 4 rings (SSSR count). The number of hydrogen-bond acceptors (Lipinski definition) is 3. The Morgan fingerprint density at radius 3 is 2.46 bits per heavy atom. The van der Waals surface area contributed by atoms with Crippen molar-refractivity contribution >= 4 is 5.97 Å². The third-order valence-corrected chi connectivity index (χ3v) is 12.8. The van der Waals surface area contributed by atoms with E-state index in [2.05, 4.69) is 92.3 Å². The summed E-state index contributed by atoms with van der Waals surface area (Å²) in [6.45, 7) is 25.1. The van der Waals surface area contributed by atoms with Gasteiger partial charge in [-0.05, 0) is 135 Å². The number of carbonyl (C=O) groups is 1. The molecule has 3 unspecified atom stereocenters. The molecule has 0 aromatic carbocycles. The van der Waals surface area contributed by atoms with Gasteiger partial charge in [-0.1, -0.05) is 127 Å². The van der Waals surface area contributed by atoms with Crippen LogP contribution in [0.4, 0.5) is 0 Å². The Kier molecular flexibility index (Phi) is 14.2. The molecule has 50 heavy (non-hydrogen) atoms. The quantitative estimate of drug-likeness (QED) is 0.127. The average Bonchev–Trinajstić information content (AvgIpc) is 3.38. The van der Waals surface area contributed by atoms with E-state index in [1.807, 2.05) is 19.1 Å². The van der Waals surface area contributed by atoms with Gasteiger partial charge in [0.2, 0.25) is 0 Å². The Balaban J connectivity index is 1.36. The second-order valence-corrected chi connectivity index (χ2v) is 17.8. The number of allylic oxidation sites excluding steroid dienone is 12. The summed E-state index contributed by atoms with van der Waals surface area (Å²) in [4.78, 5) is 13.0. The molecule has 3 fully saturated rings. The summed E-state index contributed by atoms with van der Waals surface area (Å²) in [7, 11) is 0. The molecule has 3 nitrogen and oxygen atoms in total. The van der Waals surface area contributed by atoms with Gasteiger partial charge in [0.05, 0.1) is 6.10 Å². The lowest BCUT2D eigenvalue weighted by Crippen LogP contribution is -2.36. The summed E-state index contributed by atoms with van der Waals surface area (Å²) >= 11 is 0. The fraction of sp³-hybridized carbons (Fsp3) is 0.638. The maximum absolute atomic E-state index is 13.0. The van der Waals surface area contributed by atoms with E-state index in [4.69, 9.17) is 4.74 Å². The number of aliphatic hydroxyl groups excluding tert-OH is 1. The van der Waals surface area contributed by atoms with Gasteiger partial charge < -0.3 is 9.84 Å². The first-order valence-electron chi connectivity index (χ1n) is 20.0. The SMILES string of the molecule is C=C1/C(=C\C=C2/CCCC3(C)C2CC[C@@H]3[C@H](C)CCCC(C)C)C[C@@H](O)CC1OC(=O)/C=C(C)/C=C/C=C(C)/C=C/C1=C(C)CCCC1(C)C. The predicted molar refractivity (Wildman–Crippen MR) is 213 cm³/mol. The van der Waals surface area contributed by atoms with Crippen molar-refractivity contribution in [3.05, 3.63) is 94.2 Å². The molecule has 3 heteroatoms. The van der Waals surface area contributed by atoms with Crippen LogP contribution in [0.5, 0.6) is 0 Å². The minimum absolute atomic E-state index is 0.227. The largest absolute Gasteiger partial charge is 0.454 e. The lowest BCUT2D eigenvalue weighted by molar-refractivity contribution is -0.142. The van der Waals surface area contributed by atoms with Crippen molar-refractivity contribution in [1.82, 2.24) is 0 Å². The van der Waals surface area contributed by atoms with Gasteiger partial charge in [0, 0.05) is 12.5 Å². The van der Waals surface area contributed by atoms with Crippen LogP contribution in [0.1, 0.15) is 146 Å². The van der Waals surface area contributed by atoms with Gasteiger partial charge in [0.15, 0.2) is 0 Å². The first-order chi connectivity index (χ1) is 23.6. The Labute approximate surface area is 306 Å². The third kappa shape index (κ3) is 10.5. The summed E-state index contributed by atoms with van der Waals surface area (Å²) in [6.07, 6.45) is 30.5. The zero-order valence-electron chi connectivity index (χ0n) is 33.2. The van der Waals surface area contributed by atoms with Gasteiger partial charge in [-0.2, -0.15) is 0 Å². The molecule has 0 aromatic rings. The number of fused-ring (bicyclic) bond motifs is 1. The van der Waals surface area contributed by atoms with Crippen LogP contribution in [0.25, 0.3) is 0 Å². The number of aliphatic hydroxyl groups is 1. The van der Waals surface area contributed by atoms with E-state index in [0.29, 0.717) is 24.2 Å². The fourth-order valence-corrected chi connectivity index (χ4v) is 9.87. The molecule has 0 aliphatic heterocycles. The molecular weight excluding hydrogens is 613 g/mol. The molecule has 0 aromatic heterocycles. The van der Waals surface area contributed by atoms with Crippen molar-refractivity contribution in [3.63, 3.8) is 0 Å². The van der Waals surface area contributed by atoms with Crippen molar-refractivity contribution in [3.8, 4) is 0 Å². The van der Waals surface area contributed by atoms with Crippen LogP contribution in [0, 0.1) is 34.5 Å². The topological polar surface area (TPSA) is 46.5 Å². The Bertz CT molecular complexity index is 1440. The molecule has 0 amide bonds. The summed E-state index contributed by atoms with van der Waals surface area (Å²) < 4.78 is 5.90. The summed E-state index contributed by atoms with van der Waals surface area (Å²) in [5.74, 6) is 2.62. The minimum Gasteiger partial charge on any atom is -0.454 e. The van der Waals surface area contributed by atoms with Crippen LogP contribution in [-0.4, -0.2) is 23.3 Å². The second-order valence-electron chi connectivity index (χ2n) is 17.8. The van der Waals surface area contributed by atoms with Gasteiger partial charge in [0.25, 0.3) is 0 Å². The molecule has 0 radical (unpaired) electrons. The van der Waals surface area contributed by atoms with E-state index in [-0.39, 0.29) is 5.41 Å². The van der Waals surface area contributed by atoms with Gasteiger partial charge in [-0.15, -0.1) is 0 Å². The van der Waals surface area contributed by atoms with Crippen molar-refractivity contribution in [2.75, 3.05) is 0 Å². The number of carbonyl (C=O) groups excluding carboxylic acids is 1. The monoisotopic (exact) mass is 683 g/mol. The molecule has 0 bridgehead atoms. The number of hydrogen-bond donors (Lipinski definition) is 1. The molecule has 0 saturated heterocycles. The first-order valence-corrected chi connectivity index (χ1v) is 20.0. The zero-order chi connectivity index (χ0) is 36.6. The van der Waals surface area contributed by atoms with Crippen molar-refractivity contribution in [1.29, 1.82) is 0 Å². The van der Waals surface area contributed by atoms with Gasteiger partial charge in [0.1, 0.15) is 6.10 Å². The lowest BCUT2D eigenvalue weighted by Gasteiger charge is -2.44. The van der Waals surface area contributed by atoms with Crippen LogP contribution in [0.15, 0.2) is 94.2 Å². The van der Waals surface area contributed by atoms with Crippen molar-refractivity contribution in [2.45, 2.75) is 158 Å².